The van der Waals surface area contributed by atoms with Gasteiger partial charge < -0.3 is 0 Å². The Hall–Kier alpha value is 0. The highest BCUT2D eigenvalue weighted by Crippen LogP contribution is 2.60. The Balaban J connectivity index is 2.02. The van der Waals surface area contributed by atoms with Crippen molar-refractivity contribution in [3.63, 3.8) is 0 Å². The van der Waals surface area contributed by atoms with Gasteiger partial charge in [0.25, 0.3) is 0 Å². The van der Waals surface area contributed by atoms with Gasteiger partial charge in [-0.2, -0.15) is 0 Å². The summed E-state index contributed by atoms with van der Waals surface area (Å²) in [7, 11) is 0. The highest BCUT2D eigenvalue weighted by atomic mass is 14.6. The van der Waals surface area contributed by atoms with E-state index in [4.69, 9.17) is 0 Å². The molecule has 0 heteroatoms. The summed E-state index contributed by atoms with van der Waals surface area (Å²) in [5.41, 5.74) is 0.714. The highest BCUT2D eigenvalue weighted by molar-refractivity contribution is 5.01. The lowest BCUT2D eigenvalue weighted by atomic mass is 9.46. The maximum Gasteiger partial charge on any atom is -0.0297 e. The second-order valence-electron chi connectivity index (χ2n) is 5.20. The van der Waals surface area contributed by atoms with Crippen molar-refractivity contribution >= 4 is 0 Å². The van der Waals surface area contributed by atoms with Crippen LogP contribution in [0.4, 0.5) is 0 Å². The van der Waals surface area contributed by atoms with Gasteiger partial charge in [-0.25, -0.2) is 0 Å². The van der Waals surface area contributed by atoms with Crippen LogP contribution in [0.2, 0.25) is 0 Å². The van der Waals surface area contributed by atoms with Crippen LogP contribution in [-0.4, -0.2) is 0 Å². The minimum absolute atomic E-state index is 0.714. The molecule has 0 saturated heterocycles. The molecule has 2 bridgehead atoms. The van der Waals surface area contributed by atoms with Crippen LogP contribution in [-0.2, 0) is 0 Å². The van der Waals surface area contributed by atoms with Gasteiger partial charge >= 0.3 is 0 Å². The smallest absolute Gasteiger partial charge is 0.0297 e. The van der Waals surface area contributed by atoms with E-state index < -0.39 is 0 Å². The Morgan fingerprint density at radius 1 is 1.09 bits per heavy atom. The number of hydrogen-bond acceptors (Lipinski definition) is 0. The Morgan fingerprint density at radius 2 is 1.64 bits per heavy atom. The van der Waals surface area contributed by atoms with Crippen LogP contribution in [0.3, 0.4) is 0 Å². The Labute approximate surface area is 70.4 Å². The minimum atomic E-state index is 0.714. The summed E-state index contributed by atoms with van der Waals surface area (Å²) in [6.45, 7) is 7.29. The fourth-order valence-corrected chi connectivity index (χ4v) is 3.16. The molecule has 0 heterocycles. The normalized spacial score (nSPS) is 46.6. The van der Waals surface area contributed by atoms with Gasteiger partial charge in [-0.3, -0.25) is 0 Å². The molecule has 0 nitrogen and oxygen atoms in total. The van der Waals surface area contributed by atoms with Crippen molar-refractivity contribution < 1.29 is 0 Å². The van der Waals surface area contributed by atoms with E-state index >= 15 is 0 Å². The summed E-state index contributed by atoms with van der Waals surface area (Å²) in [5, 5.41) is 0. The van der Waals surface area contributed by atoms with Crippen molar-refractivity contribution in [2.45, 2.75) is 46.5 Å². The molecule has 0 aromatic rings. The molecular weight excluding hydrogens is 132 g/mol. The van der Waals surface area contributed by atoms with Gasteiger partial charge in [0.15, 0.2) is 0 Å². The maximum atomic E-state index is 2.47. The Morgan fingerprint density at radius 3 is 2.00 bits per heavy atom. The van der Waals surface area contributed by atoms with Crippen molar-refractivity contribution in [1.82, 2.24) is 0 Å². The molecule has 0 radical (unpaired) electrons. The van der Waals surface area contributed by atoms with Crippen LogP contribution in [0.15, 0.2) is 0 Å². The van der Waals surface area contributed by atoms with Gasteiger partial charge in [0.2, 0.25) is 0 Å². The van der Waals surface area contributed by atoms with E-state index in [0.717, 1.165) is 17.8 Å². The summed E-state index contributed by atoms with van der Waals surface area (Å²) >= 11 is 0. The van der Waals surface area contributed by atoms with E-state index in [2.05, 4.69) is 20.8 Å². The summed E-state index contributed by atoms with van der Waals surface area (Å²) in [5.74, 6) is 3.23. The van der Waals surface area contributed by atoms with Crippen LogP contribution >= 0.6 is 0 Å². The number of hydrogen-bond donors (Lipinski definition) is 0. The molecule has 0 spiro atoms. The van der Waals surface area contributed by atoms with Gasteiger partial charge in [-0.1, -0.05) is 27.2 Å². The zero-order valence-electron chi connectivity index (χ0n) is 8.06. The van der Waals surface area contributed by atoms with E-state index in [0.29, 0.717) is 5.41 Å². The predicted octanol–water partition coefficient (Wildman–Crippen LogP) is 3.47. The molecule has 3 saturated carbocycles. The SMILES string of the molecule is CCC1C[C@@H]2C[C@H](C1)C2(C)C. The third-order valence-electron chi connectivity index (χ3n) is 4.49. The number of fused-ring (bicyclic) bond motifs is 2. The van der Waals surface area contributed by atoms with Crippen LogP contribution < -0.4 is 0 Å². The van der Waals surface area contributed by atoms with Gasteiger partial charge in [-0.15, -0.1) is 0 Å². The van der Waals surface area contributed by atoms with Gasteiger partial charge in [-0.05, 0) is 42.4 Å². The lowest BCUT2D eigenvalue weighted by molar-refractivity contribution is -0.0902. The Bertz CT molecular complexity index is 143. The molecule has 3 aliphatic rings. The lowest BCUT2D eigenvalue weighted by Gasteiger charge is -2.59. The average molecular weight is 152 g/mol. The largest absolute Gasteiger partial charge is 0.0651 e. The molecule has 0 aromatic carbocycles. The second kappa shape index (κ2) is 2.24. The molecule has 11 heavy (non-hydrogen) atoms. The minimum Gasteiger partial charge on any atom is -0.0651 e. The first-order chi connectivity index (χ1) is 5.14. The first kappa shape index (κ1) is 7.64. The molecule has 1 unspecified atom stereocenters. The van der Waals surface area contributed by atoms with Gasteiger partial charge in [0, 0.05) is 0 Å². The molecule has 3 fully saturated rings. The molecule has 3 rings (SSSR count). The topological polar surface area (TPSA) is 0 Å². The van der Waals surface area contributed by atoms with Crippen molar-refractivity contribution in [3.05, 3.63) is 0 Å². The summed E-state index contributed by atoms with van der Waals surface area (Å²) in [4.78, 5) is 0. The molecule has 64 valence electrons. The van der Waals surface area contributed by atoms with E-state index in [1.165, 1.54) is 19.3 Å². The first-order valence-electron chi connectivity index (χ1n) is 5.14. The summed E-state index contributed by atoms with van der Waals surface area (Å²) in [6, 6.07) is 0. The van der Waals surface area contributed by atoms with Crippen LogP contribution in [0.25, 0.3) is 0 Å². The van der Waals surface area contributed by atoms with Crippen molar-refractivity contribution in [2.75, 3.05) is 0 Å². The molecule has 0 amide bonds. The van der Waals surface area contributed by atoms with Gasteiger partial charge in [0.05, 0.1) is 0 Å². The Kier molecular flexibility index (Phi) is 1.56. The summed E-state index contributed by atoms with van der Waals surface area (Å²) < 4.78 is 0. The zero-order chi connectivity index (χ0) is 8.06. The second-order valence-corrected chi connectivity index (χ2v) is 5.20. The van der Waals surface area contributed by atoms with E-state index in [1.807, 2.05) is 0 Å². The first-order valence-corrected chi connectivity index (χ1v) is 5.14. The van der Waals surface area contributed by atoms with E-state index in [1.54, 1.807) is 6.42 Å². The van der Waals surface area contributed by atoms with Crippen molar-refractivity contribution in [1.29, 1.82) is 0 Å². The van der Waals surface area contributed by atoms with Crippen molar-refractivity contribution in [3.8, 4) is 0 Å². The third-order valence-corrected chi connectivity index (χ3v) is 4.49. The average Bonchev–Trinajstić information content (AvgIpc) is 2.04. The summed E-state index contributed by atoms with van der Waals surface area (Å²) in [6.07, 6.45) is 6.02. The predicted molar refractivity (Wildman–Crippen MR) is 48.4 cm³/mol. The molecule has 3 atom stereocenters. The monoisotopic (exact) mass is 152 g/mol. The molecule has 0 aliphatic heterocycles. The fraction of sp³-hybridized carbons (Fsp3) is 1.00. The third kappa shape index (κ3) is 0.947. The number of rotatable bonds is 1. The van der Waals surface area contributed by atoms with Crippen LogP contribution in [0.1, 0.15) is 46.5 Å². The molecular formula is C11H20. The lowest BCUT2D eigenvalue weighted by Crippen LogP contribution is -2.50. The standard InChI is InChI=1S/C11H20/c1-4-8-5-9-7-10(6-8)11(9,2)3/h8-10H,4-7H2,1-3H3/t8?,9-,10+. The van der Waals surface area contributed by atoms with Crippen LogP contribution in [0.5, 0.6) is 0 Å². The molecule has 0 aromatic heterocycles. The van der Waals surface area contributed by atoms with Gasteiger partial charge in [0.1, 0.15) is 0 Å². The molecule has 3 aliphatic carbocycles. The van der Waals surface area contributed by atoms with E-state index in [9.17, 15) is 0 Å². The fourth-order valence-electron chi connectivity index (χ4n) is 3.16. The highest BCUT2D eigenvalue weighted by Gasteiger charge is 2.51. The maximum absolute atomic E-state index is 2.47. The van der Waals surface area contributed by atoms with Crippen LogP contribution in [0, 0.1) is 23.2 Å². The molecule has 0 N–H and O–H groups in total. The quantitative estimate of drug-likeness (QED) is 0.539. The zero-order valence-corrected chi connectivity index (χ0v) is 8.06. The van der Waals surface area contributed by atoms with E-state index in [-0.39, 0.29) is 0 Å². The van der Waals surface area contributed by atoms with Crippen molar-refractivity contribution in [2.24, 2.45) is 23.2 Å².